The number of hydrogen-bond acceptors (Lipinski definition) is 4. The van der Waals surface area contributed by atoms with E-state index in [4.69, 9.17) is 4.74 Å². The second-order valence-electron chi connectivity index (χ2n) is 4.85. The van der Waals surface area contributed by atoms with Crippen LogP contribution < -0.4 is 15.5 Å². The van der Waals surface area contributed by atoms with Gasteiger partial charge in [0.25, 0.3) is 0 Å². The van der Waals surface area contributed by atoms with Gasteiger partial charge in [0.15, 0.2) is 5.96 Å². The predicted molar refractivity (Wildman–Crippen MR) is 87.9 cm³/mol. The molecule has 0 amide bonds. The summed E-state index contributed by atoms with van der Waals surface area (Å²) in [6.07, 6.45) is 0.954. The van der Waals surface area contributed by atoms with Crippen LogP contribution in [0.5, 0.6) is 0 Å². The molecule has 0 unspecified atom stereocenters. The third kappa shape index (κ3) is 6.94. The third-order valence-electron chi connectivity index (χ3n) is 2.81. The van der Waals surface area contributed by atoms with Crippen LogP contribution >= 0.6 is 0 Å². The van der Waals surface area contributed by atoms with Crippen molar-refractivity contribution in [2.45, 2.75) is 19.9 Å². The molecule has 2 N–H and O–H groups in total. The van der Waals surface area contributed by atoms with Crippen molar-refractivity contribution in [3.05, 3.63) is 23.9 Å². The van der Waals surface area contributed by atoms with Crippen molar-refractivity contribution in [3.8, 4) is 0 Å². The smallest absolute Gasteiger partial charge is 0.191 e. The van der Waals surface area contributed by atoms with Crippen LogP contribution in [-0.2, 0) is 11.3 Å². The number of hydrogen-bond donors (Lipinski definition) is 2. The standard InChI is InChI=1S/C15H27N5O/c1-5-16-15(17-10-7-11-21-4)18-12-13-8-6-9-14(19-13)20(2)3/h6,8-9H,5,7,10-12H2,1-4H3,(H2,16,17,18). The van der Waals surface area contributed by atoms with Crippen LogP contribution in [0, 0.1) is 0 Å². The van der Waals surface area contributed by atoms with E-state index in [1.807, 2.05) is 37.2 Å². The summed E-state index contributed by atoms with van der Waals surface area (Å²) in [7, 11) is 5.68. The molecule has 0 atom stereocenters. The molecule has 6 heteroatoms. The first kappa shape index (κ1) is 17.2. The van der Waals surface area contributed by atoms with E-state index >= 15 is 0 Å². The minimum absolute atomic E-state index is 0.557. The topological polar surface area (TPSA) is 61.8 Å². The molecule has 1 aromatic rings. The summed E-state index contributed by atoms with van der Waals surface area (Å²) in [5.74, 6) is 1.76. The number of nitrogens with one attached hydrogen (secondary N) is 2. The summed E-state index contributed by atoms with van der Waals surface area (Å²) in [5.41, 5.74) is 0.954. The number of nitrogens with zero attached hydrogens (tertiary/aromatic N) is 3. The van der Waals surface area contributed by atoms with Gasteiger partial charge >= 0.3 is 0 Å². The number of rotatable bonds is 8. The molecule has 118 valence electrons. The lowest BCUT2D eigenvalue weighted by molar-refractivity contribution is 0.195. The Bertz CT molecular complexity index is 434. The maximum Gasteiger partial charge on any atom is 0.191 e. The quantitative estimate of drug-likeness (QED) is 0.429. The number of anilines is 1. The van der Waals surface area contributed by atoms with Crippen LogP contribution in [0.1, 0.15) is 19.0 Å². The van der Waals surface area contributed by atoms with E-state index in [0.29, 0.717) is 6.54 Å². The van der Waals surface area contributed by atoms with Crippen molar-refractivity contribution >= 4 is 11.8 Å². The van der Waals surface area contributed by atoms with E-state index in [2.05, 4.69) is 27.5 Å². The summed E-state index contributed by atoms with van der Waals surface area (Å²) >= 11 is 0. The molecular formula is C15H27N5O. The molecule has 0 aliphatic rings. The molecule has 21 heavy (non-hydrogen) atoms. The van der Waals surface area contributed by atoms with Crippen LogP contribution in [0.25, 0.3) is 0 Å². The maximum absolute atomic E-state index is 5.03. The van der Waals surface area contributed by atoms with Gasteiger partial charge in [-0.1, -0.05) is 6.07 Å². The third-order valence-corrected chi connectivity index (χ3v) is 2.81. The number of aliphatic imine (C=N–C) groups is 1. The van der Waals surface area contributed by atoms with Gasteiger partial charge < -0.3 is 20.3 Å². The van der Waals surface area contributed by atoms with Crippen molar-refractivity contribution in [2.24, 2.45) is 4.99 Å². The Labute approximate surface area is 127 Å². The minimum atomic E-state index is 0.557. The summed E-state index contributed by atoms with van der Waals surface area (Å²) in [6, 6.07) is 5.98. The number of guanidine groups is 1. The van der Waals surface area contributed by atoms with E-state index in [1.54, 1.807) is 7.11 Å². The number of ether oxygens (including phenoxy) is 1. The van der Waals surface area contributed by atoms with E-state index in [0.717, 1.165) is 43.6 Å². The van der Waals surface area contributed by atoms with E-state index in [9.17, 15) is 0 Å². The largest absolute Gasteiger partial charge is 0.385 e. The lowest BCUT2D eigenvalue weighted by atomic mass is 10.3. The first-order valence-corrected chi connectivity index (χ1v) is 7.31. The van der Waals surface area contributed by atoms with Crippen molar-refractivity contribution < 1.29 is 4.74 Å². The average molecular weight is 293 g/mol. The first-order valence-electron chi connectivity index (χ1n) is 7.31. The number of aromatic nitrogens is 1. The normalized spacial score (nSPS) is 11.3. The molecule has 1 rings (SSSR count). The van der Waals surface area contributed by atoms with Gasteiger partial charge in [0.2, 0.25) is 0 Å². The lowest BCUT2D eigenvalue weighted by Gasteiger charge is -2.13. The lowest BCUT2D eigenvalue weighted by Crippen LogP contribution is -2.38. The average Bonchev–Trinajstić information content (AvgIpc) is 2.49. The molecule has 0 aliphatic heterocycles. The number of methoxy groups -OCH3 is 1. The first-order chi connectivity index (χ1) is 10.2. The second-order valence-corrected chi connectivity index (χ2v) is 4.85. The fraction of sp³-hybridized carbons (Fsp3) is 0.600. The molecule has 0 saturated carbocycles. The highest BCUT2D eigenvalue weighted by Crippen LogP contribution is 2.08. The molecule has 0 radical (unpaired) electrons. The fourth-order valence-electron chi connectivity index (χ4n) is 1.73. The minimum Gasteiger partial charge on any atom is -0.385 e. The molecule has 0 bridgehead atoms. The van der Waals surface area contributed by atoms with Gasteiger partial charge in [0.1, 0.15) is 5.82 Å². The molecule has 0 spiro atoms. The summed E-state index contributed by atoms with van der Waals surface area (Å²) in [6.45, 7) is 5.03. The maximum atomic E-state index is 5.03. The van der Waals surface area contributed by atoms with Gasteiger partial charge in [0.05, 0.1) is 12.2 Å². The SMILES string of the molecule is CCNC(=NCc1cccc(N(C)C)n1)NCCCOC. The van der Waals surface area contributed by atoms with Gasteiger partial charge in [-0.25, -0.2) is 9.98 Å². The zero-order chi connectivity index (χ0) is 15.5. The Hall–Kier alpha value is -1.82. The van der Waals surface area contributed by atoms with E-state index < -0.39 is 0 Å². The molecule has 0 fully saturated rings. The van der Waals surface area contributed by atoms with E-state index in [-0.39, 0.29) is 0 Å². The molecular weight excluding hydrogens is 266 g/mol. The van der Waals surface area contributed by atoms with Crippen LogP contribution in [0.2, 0.25) is 0 Å². The van der Waals surface area contributed by atoms with Crippen molar-refractivity contribution in [3.63, 3.8) is 0 Å². The van der Waals surface area contributed by atoms with Crippen LogP contribution in [-0.4, -0.2) is 51.8 Å². The van der Waals surface area contributed by atoms with Crippen LogP contribution in [0.4, 0.5) is 5.82 Å². The molecule has 6 nitrogen and oxygen atoms in total. The summed E-state index contributed by atoms with van der Waals surface area (Å²) in [4.78, 5) is 11.1. The number of pyridine rings is 1. The Kier molecular flexibility index (Phi) is 8.19. The molecule has 0 saturated heterocycles. The molecule has 1 heterocycles. The van der Waals surface area contributed by atoms with Crippen LogP contribution in [0.3, 0.4) is 0 Å². The van der Waals surface area contributed by atoms with Crippen LogP contribution in [0.15, 0.2) is 23.2 Å². The Morgan fingerprint density at radius 2 is 2.14 bits per heavy atom. The summed E-state index contributed by atoms with van der Waals surface area (Å²) in [5, 5.41) is 6.51. The highest BCUT2D eigenvalue weighted by atomic mass is 16.5. The Morgan fingerprint density at radius 1 is 1.33 bits per heavy atom. The summed E-state index contributed by atoms with van der Waals surface area (Å²) < 4.78 is 5.03. The zero-order valence-electron chi connectivity index (χ0n) is 13.5. The van der Waals surface area contributed by atoms with Gasteiger partial charge in [-0.3, -0.25) is 0 Å². The highest BCUT2D eigenvalue weighted by Gasteiger charge is 2.01. The molecule has 0 aromatic carbocycles. The Morgan fingerprint density at radius 3 is 2.81 bits per heavy atom. The van der Waals surface area contributed by atoms with Crippen molar-refractivity contribution in [1.82, 2.24) is 15.6 Å². The van der Waals surface area contributed by atoms with Crippen molar-refractivity contribution in [1.29, 1.82) is 0 Å². The molecule has 1 aromatic heterocycles. The van der Waals surface area contributed by atoms with Gasteiger partial charge in [-0.2, -0.15) is 0 Å². The van der Waals surface area contributed by atoms with Gasteiger partial charge in [-0.05, 0) is 25.5 Å². The highest BCUT2D eigenvalue weighted by molar-refractivity contribution is 5.79. The second kappa shape index (κ2) is 9.99. The Balaban J connectivity index is 2.58. The molecule has 0 aliphatic carbocycles. The monoisotopic (exact) mass is 293 g/mol. The zero-order valence-corrected chi connectivity index (χ0v) is 13.5. The van der Waals surface area contributed by atoms with Crippen molar-refractivity contribution in [2.75, 3.05) is 45.8 Å². The van der Waals surface area contributed by atoms with Gasteiger partial charge in [-0.15, -0.1) is 0 Å². The predicted octanol–water partition coefficient (Wildman–Crippen LogP) is 1.24. The van der Waals surface area contributed by atoms with E-state index in [1.165, 1.54) is 0 Å². The fourth-order valence-corrected chi connectivity index (χ4v) is 1.73. The van der Waals surface area contributed by atoms with Gasteiger partial charge in [0, 0.05) is 40.9 Å².